The van der Waals surface area contributed by atoms with Crippen LogP contribution in [0.5, 0.6) is 0 Å². The summed E-state index contributed by atoms with van der Waals surface area (Å²) in [6.45, 7) is 31.4. The summed E-state index contributed by atoms with van der Waals surface area (Å²) >= 11 is 2.04. The molecule has 9 rings (SSSR count). The van der Waals surface area contributed by atoms with E-state index < -0.39 is 0 Å². The van der Waals surface area contributed by atoms with Crippen molar-refractivity contribution in [2.24, 2.45) is 0 Å². The van der Waals surface area contributed by atoms with Gasteiger partial charge in [-0.25, -0.2) is 0 Å². The number of benzene rings is 4. The molecule has 4 aliphatic rings. The van der Waals surface area contributed by atoms with E-state index in [2.05, 4.69) is 167 Å². The maximum absolute atomic E-state index is 2.91. The van der Waals surface area contributed by atoms with E-state index in [1.54, 1.807) is 5.56 Å². The first-order valence-corrected chi connectivity index (χ1v) is 21.2. The first kappa shape index (κ1) is 35.2. The van der Waals surface area contributed by atoms with E-state index in [1.807, 2.05) is 11.3 Å². The highest BCUT2D eigenvalue weighted by Gasteiger charge is 2.61. The Bertz CT molecular complexity index is 2320. The van der Waals surface area contributed by atoms with Gasteiger partial charge in [-0.3, -0.25) is 0 Å². The first-order chi connectivity index (χ1) is 24.7. The average Bonchev–Trinajstić information content (AvgIpc) is 3.55. The quantitative estimate of drug-likeness (QED) is 0.165. The molecule has 0 amide bonds. The summed E-state index contributed by atoms with van der Waals surface area (Å²) in [7, 11) is 0. The molecule has 0 bridgehead atoms. The van der Waals surface area contributed by atoms with Gasteiger partial charge in [0.25, 0.3) is 6.71 Å². The molecule has 0 N–H and O–H groups in total. The Morgan fingerprint density at radius 1 is 0.679 bits per heavy atom. The van der Waals surface area contributed by atoms with Crippen molar-refractivity contribution >= 4 is 72.3 Å². The van der Waals surface area contributed by atoms with Gasteiger partial charge in [0.2, 0.25) is 0 Å². The van der Waals surface area contributed by atoms with E-state index in [1.165, 1.54) is 102 Å². The minimum Gasteiger partial charge on any atom is -0.335 e. The highest BCUT2D eigenvalue weighted by atomic mass is 32.1. The molecular formula is C49H59BN2S. The molecule has 2 unspecified atom stereocenters. The van der Waals surface area contributed by atoms with Crippen LogP contribution in [0, 0.1) is 0 Å². The van der Waals surface area contributed by atoms with Crippen molar-refractivity contribution in [2.45, 2.75) is 149 Å². The van der Waals surface area contributed by atoms with Gasteiger partial charge in [-0.05, 0) is 117 Å². The van der Waals surface area contributed by atoms with Crippen LogP contribution in [-0.2, 0) is 21.7 Å². The molecule has 0 radical (unpaired) electrons. The lowest BCUT2D eigenvalue weighted by Crippen LogP contribution is -2.64. The summed E-state index contributed by atoms with van der Waals surface area (Å²) in [5.74, 6) is 0.464. The molecule has 4 heteroatoms. The van der Waals surface area contributed by atoms with Gasteiger partial charge in [-0.15, -0.1) is 11.3 Å². The molecule has 53 heavy (non-hydrogen) atoms. The van der Waals surface area contributed by atoms with Crippen molar-refractivity contribution in [3.05, 3.63) is 94.5 Å². The Morgan fingerprint density at radius 2 is 1.30 bits per heavy atom. The molecule has 2 nitrogen and oxygen atoms in total. The largest absolute Gasteiger partial charge is 0.335 e. The molecule has 2 atom stereocenters. The Morgan fingerprint density at radius 3 is 1.94 bits per heavy atom. The van der Waals surface area contributed by atoms with Gasteiger partial charge in [-0.1, -0.05) is 126 Å². The van der Waals surface area contributed by atoms with E-state index in [9.17, 15) is 0 Å². The zero-order valence-corrected chi connectivity index (χ0v) is 35.5. The summed E-state index contributed by atoms with van der Waals surface area (Å²) < 4.78 is 2.88. The van der Waals surface area contributed by atoms with Crippen LogP contribution in [0.15, 0.2) is 66.7 Å². The van der Waals surface area contributed by atoms with Gasteiger partial charge in [0.05, 0.1) is 11.2 Å². The molecular weight excluding hydrogens is 659 g/mol. The number of thiophene rings is 1. The fourth-order valence-corrected chi connectivity index (χ4v) is 11.8. The van der Waals surface area contributed by atoms with Crippen LogP contribution in [0.2, 0.25) is 0 Å². The number of nitrogens with zero attached hydrogens (tertiary/aromatic N) is 2. The second kappa shape index (κ2) is 11.1. The predicted molar refractivity (Wildman–Crippen MR) is 234 cm³/mol. The number of anilines is 5. The van der Waals surface area contributed by atoms with Gasteiger partial charge in [0.1, 0.15) is 0 Å². The molecule has 1 saturated carbocycles. The lowest BCUT2D eigenvalue weighted by Gasteiger charge is -2.52. The topological polar surface area (TPSA) is 6.48 Å². The smallest absolute Gasteiger partial charge is 0.264 e. The molecule has 0 saturated heterocycles. The van der Waals surface area contributed by atoms with Crippen molar-refractivity contribution in [3.8, 4) is 0 Å². The fourth-order valence-electron chi connectivity index (χ4n) is 10.5. The third-order valence-corrected chi connectivity index (χ3v) is 15.3. The normalized spacial score (nSPS) is 22.0. The summed E-state index contributed by atoms with van der Waals surface area (Å²) in [5.41, 5.74) is 17.5. The van der Waals surface area contributed by atoms with Crippen LogP contribution in [0.3, 0.4) is 0 Å². The van der Waals surface area contributed by atoms with Crippen LogP contribution in [0.25, 0.3) is 10.1 Å². The van der Waals surface area contributed by atoms with E-state index >= 15 is 0 Å². The lowest BCUT2D eigenvalue weighted by molar-refractivity contribution is 0.195. The van der Waals surface area contributed by atoms with Gasteiger partial charge in [0.15, 0.2) is 0 Å². The van der Waals surface area contributed by atoms with Crippen molar-refractivity contribution in [2.75, 3.05) is 9.80 Å². The zero-order valence-electron chi connectivity index (χ0n) is 34.6. The Hall–Kier alpha value is -3.50. The standard InChI is InChI=1S/C49H59BN2S/c1-29(2)30-24-36-43-37(25-30)50-41-38(27-33(47(9,10)11)28-39(41)52(43)49(13)23-15-14-22-48(36,49)12)51(34-19-16-31(17-20-34)45(3,4)5)42-35-26-32(46(6,7)8)18-21-40(35)53-44(42)50/h16-21,24-29H,14-15,22-23H2,1-13H3. The third kappa shape index (κ3) is 4.82. The van der Waals surface area contributed by atoms with E-state index in [0.29, 0.717) is 5.92 Å². The molecule has 5 aromatic rings. The molecule has 1 aromatic heterocycles. The SMILES string of the molecule is CC(C)c1cc2c3c(c1)C1(C)CCCCC1(C)N3c1cc(C(C)(C)C)cc3c1B2c1sc2ccc(C(C)(C)C)cc2c1N3c1ccc(C(C)(C)C)cc1. The number of hydrogen-bond donors (Lipinski definition) is 0. The van der Waals surface area contributed by atoms with Gasteiger partial charge >= 0.3 is 0 Å². The minimum absolute atomic E-state index is 0.00835. The van der Waals surface area contributed by atoms with Crippen molar-refractivity contribution < 1.29 is 0 Å². The van der Waals surface area contributed by atoms with Gasteiger partial charge in [-0.2, -0.15) is 0 Å². The van der Waals surface area contributed by atoms with Crippen molar-refractivity contribution in [1.29, 1.82) is 0 Å². The molecule has 4 heterocycles. The van der Waals surface area contributed by atoms with E-state index in [-0.39, 0.29) is 33.9 Å². The molecule has 3 aliphatic heterocycles. The summed E-state index contributed by atoms with van der Waals surface area (Å²) in [5, 5.41) is 1.39. The number of rotatable bonds is 2. The summed E-state index contributed by atoms with van der Waals surface area (Å²) in [6.07, 6.45) is 5.06. The Balaban J connectivity index is 1.45. The first-order valence-electron chi connectivity index (χ1n) is 20.4. The summed E-state index contributed by atoms with van der Waals surface area (Å²) in [4.78, 5) is 5.59. The van der Waals surface area contributed by atoms with Gasteiger partial charge in [0, 0.05) is 43.0 Å². The maximum Gasteiger partial charge on any atom is 0.264 e. The van der Waals surface area contributed by atoms with Gasteiger partial charge < -0.3 is 9.80 Å². The van der Waals surface area contributed by atoms with Crippen molar-refractivity contribution in [3.63, 3.8) is 0 Å². The summed E-state index contributed by atoms with van der Waals surface area (Å²) in [6, 6.07) is 27.4. The molecule has 1 fully saturated rings. The second-order valence-corrected chi connectivity index (χ2v) is 21.9. The number of hydrogen-bond acceptors (Lipinski definition) is 3. The number of fused-ring (bicyclic) bond motifs is 9. The lowest BCUT2D eigenvalue weighted by atomic mass is 9.36. The second-order valence-electron chi connectivity index (χ2n) is 20.8. The Kier molecular flexibility index (Phi) is 7.35. The van der Waals surface area contributed by atoms with Crippen LogP contribution >= 0.6 is 11.3 Å². The molecule has 1 aliphatic carbocycles. The van der Waals surface area contributed by atoms with Crippen molar-refractivity contribution in [1.82, 2.24) is 0 Å². The average molecular weight is 719 g/mol. The highest BCUT2D eigenvalue weighted by molar-refractivity contribution is 7.33. The molecule has 4 aromatic carbocycles. The third-order valence-electron chi connectivity index (χ3n) is 14.0. The molecule has 0 spiro atoms. The van der Waals surface area contributed by atoms with E-state index in [0.717, 1.165) is 0 Å². The minimum atomic E-state index is -0.0136. The van der Waals surface area contributed by atoms with Crippen LogP contribution in [0.4, 0.5) is 28.4 Å². The maximum atomic E-state index is 2.91. The monoisotopic (exact) mass is 718 g/mol. The predicted octanol–water partition coefficient (Wildman–Crippen LogP) is 12.3. The fraction of sp³-hybridized carbons (Fsp3) is 0.469. The zero-order chi connectivity index (χ0) is 37.8. The van der Waals surface area contributed by atoms with Crippen LogP contribution < -0.4 is 25.5 Å². The van der Waals surface area contributed by atoms with E-state index in [4.69, 9.17) is 0 Å². The van der Waals surface area contributed by atoms with Crippen LogP contribution in [-0.4, -0.2) is 12.3 Å². The highest BCUT2D eigenvalue weighted by Crippen LogP contribution is 2.62. The molecule has 274 valence electrons. The van der Waals surface area contributed by atoms with Crippen LogP contribution in [0.1, 0.15) is 149 Å². The Labute approximate surface area is 324 Å².